The lowest BCUT2D eigenvalue weighted by Crippen LogP contribution is -2.33. The Morgan fingerprint density at radius 2 is 1.73 bits per heavy atom. The zero-order valence-corrected chi connectivity index (χ0v) is 17.8. The van der Waals surface area contributed by atoms with Gasteiger partial charge in [0.1, 0.15) is 5.58 Å². The Labute approximate surface area is 187 Å². The minimum Gasteiger partial charge on any atom is -0.423 e. The van der Waals surface area contributed by atoms with Crippen LogP contribution in [0, 0.1) is 0 Å². The van der Waals surface area contributed by atoms with Crippen molar-refractivity contribution in [3.8, 4) is 0 Å². The van der Waals surface area contributed by atoms with Crippen molar-refractivity contribution in [2.45, 2.75) is 11.3 Å². The van der Waals surface area contributed by atoms with Gasteiger partial charge in [-0.3, -0.25) is 19.2 Å². The first-order valence-corrected chi connectivity index (χ1v) is 11.2. The molecule has 33 heavy (non-hydrogen) atoms. The van der Waals surface area contributed by atoms with Gasteiger partial charge >= 0.3 is 11.7 Å². The number of amides is 4. The van der Waals surface area contributed by atoms with E-state index in [1.54, 1.807) is 0 Å². The highest BCUT2D eigenvalue weighted by atomic mass is 32.2. The first-order chi connectivity index (χ1) is 15.7. The summed E-state index contributed by atoms with van der Waals surface area (Å²) >= 11 is 0. The predicted octanol–water partition coefficient (Wildman–Crippen LogP) is 1.47. The second-order valence-electron chi connectivity index (χ2n) is 7.14. The van der Waals surface area contributed by atoms with E-state index in [9.17, 15) is 27.6 Å². The van der Waals surface area contributed by atoms with E-state index in [0.29, 0.717) is 11.1 Å². The summed E-state index contributed by atoms with van der Waals surface area (Å²) in [5.41, 5.74) is 0.433. The van der Waals surface area contributed by atoms with Gasteiger partial charge in [0.15, 0.2) is 0 Å². The number of hydrogen-bond donors (Lipinski definition) is 3. The van der Waals surface area contributed by atoms with Crippen molar-refractivity contribution in [1.82, 2.24) is 10.2 Å². The monoisotopic (exact) mass is 470 g/mol. The molecule has 1 aliphatic rings. The van der Waals surface area contributed by atoms with Crippen molar-refractivity contribution < 1.29 is 27.2 Å². The summed E-state index contributed by atoms with van der Waals surface area (Å²) in [7, 11) is -3.91. The van der Waals surface area contributed by atoms with E-state index in [1.807, 2.05) is 0 Å². The minimum absolute atomic E-state index is 0.0123. The molecule has 0 radical (unpaired) electrons. The van der Waals surface area contributed by atoms with Crippen LogP contribution in [0.3, 0.4) is 0 Å². The number of carbonyl (C=O) groups excluding carboxylic acids is 3. The third kappa shape index (κ3) is 5.01. The minimum atomic E-state index is -3.91. The van der Waals surface area contributed by atoms with E-state index >= 15 is 0 Å². The molecule has 2 aromatic carbocycles. The molecule has 4 amide bonds. The van der Waals surface area contributed by atoms with Crippen LogP contribution in [0.5, 0.6) is 0 Å². The molecule has 0 aliphatic carbocycles. The average Bonchev–Trinajstić information content (AvgIpc) is 3.10. The second-order valence-corrected chi connectivity index (χ2v) is 8.82. The van der Waals surface area contributed by atoms with E-state index in [0.717, 1.165) is 4.90 Å². The molecule has 3 N–H and O–H groups in total. The highest BCUT2D eigenvalue weighted by molar-refractivity contribution is 7.92. The molecule has 11 nitrogen and oxygen atoms in total. The number of nitrogens with zero attached hydrogens (tertiary/aromatic N) is 1. The summed E-state index contributed by atoms with van der Waals surface area (Å²) in [6, 6.07) is 12.3. The molecule has 170 valence electrons. The largest absolute Gasteiger partial charge is 0.423 e. The van der Waals surface area contributed by atoms with Gasteiger partial charge in [0.05, 0.1) is 11.4 Å². The van der Waals surface area contributed by atoms with Gasteiger partial charge in [-0.15, -0.1) is 0 Å². The number of carbonyl (C=O) groups is 3. The smallest absolute Gasteiger partial charge is 0.336 e. The maximum absolute atomic E-state index is 12.7. The van der Waals surface area contributed by atoms with E-state index in [4.69, 9.17) is 4.42 Å². The van der Waals surface area contributed by atoms with Crippen molar-refractivity contribution in [2.75, 3.05) is 23.1 Å². The van der Waals surface area contributed by atoms with Gasteiger partial charge in [-0.1, -0.05) is 0 Å². The Morgan fingerprint density at radius 1 is 1.00 bits per heavy atom. The molecule has 1 fully saturated rings. The third-order valence-electron chi connectivity index (χ3n) is 4.82. The van der Waals surface area contributed by atoms with Crippen molar-refractivity contribution in [1.29, 1.82) is 0 Å². The normalized spacial score (nSPS) is 13.8. The molecule has 3 aromatic rings. The van der Waals surface area contributed by atoms with Gasteiger partial charge in [-0.25, -0.2) is 18.0 Å². The van der Waals surface area contributed by atoms with Gasteiger partial charge in [0.25, 0.3) is 10.0 Å². The Kier molecular flexibility index (Phi) is 5.84. The summed E-state index contributed by atoms with van der Waals surface area (Å²) in [5.74, 6) is -0.793. The van der Waals surface area contributed by atoms with E-state index in [1.165, 1.54) is 54.6 Å². The molecule has 1 aliphatic heterocycles. The maximum atomic E-state index is 12.7. The first-order valence-electron chi connectivity index (χ1n) is 9.76. The predicted molar refractivity (Wildman–Crippen MR) is 118 cm³/mol. The van der Waals surface area contributed by atoms with Crippen LogP contribution in [0.4, 0.5) is 16.2 Å². The lowest BCUT2D eigenvalue weighted by molar-refractivity contribution is -0.125. The van der Waals surface area contributed by atoms with E-state index in [2.05, 4.69) is 15.4 Å². The van der Waals surface area contributed by atoms with Crippen molar-refractivity contribution in [3.63, 3.8) is 0 Å². The van der Waals surface area contributed by atoms with E-state index < -0.39 is 27.6 Å². The van der Waals surface area contributed by atoms with Gasteiger partial charge in [0.2, 0.25) is 11.8 Å². The lowest BCUT2D eigenvalue weighted by atomic mass is 10.2. The molecular formula is C21H18N4O7S. The number of fused-ring (bicyclic) bond motifs is 1. The SMILES string of the molecule is O=C(CCN1C(=O)CNC1=O)Nc1ccc(NS(=O)(=O)c2ccc3oc(=O)ccc3c2)cc1. The van der Waals surface area contributed by atoms with Crippen LogP contribution >= 0.6 is 0 Å². The lowest BCUT2D eigenvalue weighted by Gasteiger charge is -2.12. The van der Waals surface area contributed by atoms with Crippen LogP contribution in [0.25, 0.3) is 11.0 Å². The maximum Gasteiger partial charge on any atom is 0.336 e. The van der Waals surface area contributed by atoms with Crippen LogP contribution in [0.1, 0.15) is 6.42 Å². The van der Waals surface area contributed by atoms with Crippen LogP contribution in [0.15, 0.2) is 68.7 Å². The number of nitrogens with one attached hydrogen (secondary N) is 3. The molecule has 2 heterocycles. The molecule has 4 rings (SSSR count). The number of rotatable bonds is 7. The fourth-order valence-corrected chi connectivity index (χ4v) is 4.26. The fraction of sp³-hybridized carbons (Fsp3) is 0.143. The van der Waals surface area contributed by atoms with Gasteiger partial charge in [-0.05, 0) is 48.5 Å². The summed E-state index contributed by atoms with van der Waals surface area (Å²) in [6.45, 7) is -0.114. The molecule has 12 heteroatoms. The quantitative estimate of drug-likeness (QED) is 0.349. The average molecular weight is 470 g/mol. The molecule has 0 bridgehead atoms. The Bertz CT molecular complexity index is 1400. The highest BCUT2D eigenvalue weighted by Gasteiger charge is 2.28. The number of imide groups is 1. The Hall–Kier alpha value is -4.19. The molecule has 0 atom stereocenters. The zero-order chi connectivity index (χ0) is 23.6. The standard InChI is InChI=1S/C21H18N4O7S/c26-18(9-10-25-19(27)12-22-21(25)29)23-14-2-4-15(5-3-14)24-33(30,31)16-6-7-17-13(11-16)1-8-20(28)32-17/h1-8,11,24H,9-10,12H2,(H,22,29)(H,23,26). The van der Waals surface area contributed by atoms with Crippen molar-refractivity contribution in [2.24, 2.45) is 0 Å². The second kappa shape index (κ2) is 8.74. The van der Waals surface area contributed by atoms with Crippen LogP contribution in [0.2, 0.25) is 0 Å². The summed E-state index contributed by atoms with van der Waals surface area (Å²) in [4.78, 5) is 47.3. The number of anilines is 2. The fourth-order valence-electron chi connectivity index (χ4n) is 3.17. The number of sulfonamides is 1. The molecule has 0 spiro atoms. The molecular weight excluding hydrogens is 452 g/mol. The molecule has 1 aromatic heterocycles. The number of benzene rings is 2. The Balaban J connectivity index is 1.38. The zero-order valence-electron chi connectivity index (χ0n) is 17.0. The van der Waals surface area contributed by atoms with Crippen LogP contribution < -0.4 is 21.0 Å². The van der Waals surface area contributed by atoms with Crippen molar-refractivity contribution >= 4 is 50.2 Å². The highest BCUT2D eigenvalue weighted by Crippen LogP contribution is 2.22. The third-order valence-corrected chi connectivity index (χ3v) is 6.20. The molecule has 0 saturated carbocycles. The topological polar surface area (TPSA) is 155 Å². The summed E-state index contributed by atoms with van der Waals surface area (Å²) in [6.07, 6.45) is -0.0738. The first kappa shape index (κ1) is 22.0. The van der Waals surface area contributed by atoms with Gasteiger partial charge in [-0.2, -0.15) is 0 Å². The summed E-state index contributed by atoms with van der Waals surface area (Å²) in [5, 5.41) is 5.45. The van der Waals surface area contributed by atoms with E-state index in [-0.39, 0.29) is 41.6 Å². The van der Waals surface area contributed by atoms with Gasteiger partial charge in [0, 0.05) is 35.8 Å². The molecule has 0 unspecified atom stereocenters. The molecule has 1 saturated heterocycles. The van der Waals surface area contributed by atoms with Crippen LogP contribution in [-0.4, -0.2) is 44.3 Å². The van der Waals surface area contributed by atoms with Gasteiger partial charge < -0.3 is 15.1 Å². The summed E-state index contributed by atoms with van der Waals surface area (Å²) < 4.78 is 32.8. The van der Waals surface area contributed by atoms with Crippen LogP contribution in [-0.2, 0) is 19.6 Å². The van der Waals surface area contributed by atoms with Crippen molar-refractivity contribution in [3.05, 3.63) is 65.0 Å². The number of hydrogen-bond acceptors (Lipinski definition) is 7. The number of urea groups is 1. The Morgan fingerprint density at radius 3 is 2.42 bits per heavy atom.